The van der Waals surface area contributed by atoms with Crippen LogP contribution in [0, 0.1) is 5.82 Å². The fraction of sp³-hybridized carbons (Fsp3) is 0.533. The molecule has 104 valence electrons. The summed E-state index contributed by atoms with van der Waals surface area (Å²) < 4.78 is 13.6. The topological polar surface area (TPSA) is 40.5 Å². The normalized spacial score (nSPS) is 18.8. The summed E-state index contributed by atoms with van der Waals surface area (Å²) in [6, 6.07) is 6.17. The van der Waals surface area contributed by atoms with Crippen LogP contribution >= 0.6 is 0 Å². The largest absolute Gasteiger partial charge is 0.386 e. The molecule has 1 heterocycles. The summed E-state index contributed by atoms with van der Waals surface area (Å²) in [5, 5.41) is 10.1. The third-order valence-corrected chi connectivity index (χ3v) is 3.58. The number of amides is 1. The molecule has 2 rings (SSSR count). The molecular formula is C15H20FNO2. The Balaban J connectivity index is 2.02. The Morgan fingerprint density at radius 1 is 1.21 bits per heavy atom. The monoisotopic (exact) mass is 265 g/mol. The quantitative estimate of drug-likeness (QED) is 0.912. The fourth-order valence-electron chi connectivity index (χ4n) is 2.46. The van der Waals surface area contributed by atoms with Crippen LogP contribution in [0.5, 0.6) is 0 Å². The van der Waals surface area contributed by atoms with E-state index in [4.69, 9.17) is 0 Å². The van der Waals surface area contributed by atoms with Gasteiger partial charge in [-0.25, -0.2) is 4.39 Å². The zero-order valence-corrected chi connectivity index (χ0v) is 11.0. The van der Waals surface area contributed by atoms with Gasteiger partial charge in [0.2, 0.25) is 5.91 Å². The predicted octanol–water partition coefficient (Wildman–Crippen LogP) is 2.65. The summed E-state index contributed by atoms with van der Waals surface area (Å²) in [6.07, 6.45) is 3.64. The van der Waals surface area contributed by atoms with Gasteiger partial charge in [-0.15, -0.1) is 0 Å². The van der Waals surface area contributed by atoms with Gasteiger partial charge in [-0.2, -0.15) is 0 Å². The first kappa shape index (κ1) is 14.0. The first-order valence-corrected chi connectivity index (χ1v) is 6.89. The Labute approximate surface area is 113 Å². The van der Waals surface area contributed by atoms with Crippen molar-refractivity contribution < 1.29 is 14.3 Å². The Morgan fingerprint density at radius 2 is 1.95 bits per heavy atom. The number of benzene rings is 1. The van der Waals surface area contributed by atoms with Crippen LogP contribution in [-0.4, -0.2) is 29.0 Å². The summed E-state index contributed by atoms with van der Waals surface area (Å²) >= 11 is 0. The highest BCUT2D eigenvalue weighted by Crippen LogP contribution is 2.20. The van der Waals surface area contributed by atoms with E-state index in [-0.39, 0.29) is 18.0 Å². The second-order valence-corrected chi connectivity index (χ2v) is 5.04. The minimum Gasteiger partial charge on any atom is -0.386 e. The molecule has 0 aromatic heterocycles. The zero-order valence-electron chi connectivity index (χ0n) is 11.0. The van der Waals surface area contributed by atoms with Gasteiger partial charge < -0.3 is 10.0 Å². The Kier molecular flexibility index (Phi) is 4.91. The molecule has 1 amide bonds. The van der Waals surface area contributed by atoms with Crippen molar-refractivity contribution in [3.8, 4) is 0 Å². The SMILES string of the molecule is O=C1CCCCCCN1CC(O)c1ccccc1F. The Hall–Kier alpha value is -1.42. The van der Waals surface area contributed by atoms with Gasteiger partial charge in [-0.1, -0.05) is 31.0 Å². The van der Waals surface area contributed by atoms with Gasteiger partial charge >= 0.3 is 0 Å². The van der Waals surface area contributed by atoms with Crippen molar-refractivity contribution in [3.05, 3.63) is 35.6 Å². The van der Waals surface area contributed by atoms with E-state index in [1.54, 1.807) is 23.1 Å². The minimum absolute atomic E-state index is 0.0649. The number of hydrogen-bond acceptors (Lipinski definition) is 2. The average Bonchev–Trinajstić information content (AvgIpc) is 2.39. The number of halogens is 1. The smallest absolute Gasteiger partial charge is 0.222 e. The van der Waals surface area contributed by atoms with Crippen molar-refractivity contribution in [2.45, 2.75) is 38.2 Å². The highest BCUT2D eigenvalue weighted by Gasteiger charge is 2.21. The molecule has 0 spiro atoms. The highest BCUT2D eigenvalue weighted by atomic mass is 19.1. The van der Waals surface area contributed by atoms with Gasteiger partial charge in [0.15, 0.2) is 0 Å². The van der Waals surface area contributed by atoms with Gasteiger partial charge in [0.1, 0.15) is 5.82 Å². The maximum absolute atomic E-state index is 13.6. The lowest BCUT2D eigenvalue weighted by molar-refractivity contribution is -0.133. The molecule has 1 unspecified atom stereocenters. The lowest BCUT2D eigenvalue weighted by Crippen LogP contribution is -2.36. The molecule has 1 aliphatic rings. The number of aliphatic hydroxyl groups is 1. The molecule has 3 nitrogen and oxygen atoms in total. The number of likely N-dealkylation sites (tertiary alicyclic amines) is 1. The lowest BCUT2D eigenvalue weighted by Gasteiger charge is -2.27. The van der Waals surface area contributed by atoms with E-state index < -0.39 is 11.9 Å². The molecule has 1 saturated heterocycles. The molecule has 19 heavy (non-hydrogen) atoms. The van der Waals surface area contributed by atoms with Crippen molar-refractivity contribution >= 4 is 5.91 Å². The average molecular weight is 265 g/mol. The zero-order chi connectivity index (χ0) is 13.7. The summed E-state index contributed by atoms with van der Waals surface area (Å²) in [6.45, 7) is 0.837. The molecule has 0 radical (unpaired) electrons. The minimum atomic E-state index is -0.954. The van der Waals surface area contributed by atoms with Crippen LogP contribution in [0.3, 0.4) is 0 Å². The molecular weight excluding hydrogens is 245 g/mol. The van der Waals surface area contributed by atoms with Crippen molar-refractivity contribution in [3.63, 3.8) is 0 Å². The van der Waals surface area contributed by atoms with E-state index in [9.17, 15) is 14.3 Å². The Bertz CT molecular complexity index is 436. The summed E-state index contributed by atoms with van der Waals surface area (Å²) in [5.74, 6) is -0.357. The van der Waals surface area contributed by atoms with E-state index >= 15 is 0 Å². The fourth-order valence-corrected chi connectivity index (χ4v) is 2.46. The number of hydrogen-bond donors (Lipinski definition) is 1. The van der Waals surface area contributed by atoms with Gasteiger partial charge in [0.25, 0.3) is 0 Å². The number of β-amino-alcohol motifs (C(OH)–C–C–N with tert-alkyl or cyclic N) is 1. The van der Waals surface area contributed by atoms with Crippen molar-refractivity contribution in [2.24, 2.45) is 0 Å². The van der Waals surface area contributed by atoms with E-state index in [0.717, 1.165) is 25.7 Å². The van der Waals surface area contributed by atoms with E-state index in [0.29, 0.717) is 13.0 Å². The van der Waals surface area contributed by atoms with Crippen molar-refractivity contribution in [1.29, 1.82) is 0 Å². The van der Waals surface area contributed by atoms with Gasteiger partial charge in [-0.3, -0.25) is 4.79 Å². The molecule has 1 aromatic rings. The molecule has 1 N–H and O–H groups in total. The van der Waals surface area contributed by atoms with E-state index in [1.807, 2.05) is 0 Å². The van der Waals surface area contributed by atoms with E-state index in [2.05, 4.69) is 0 Å². The first-order chi connectivity index (χ1) is 9.18. The molecule has 1 atom stereocenters. The summed E-state index contributed by atoms with van der Waals surface area (Å²) in [7, 11) is 0. The van der Waals surface area contributed by atoms with Crippen molar-refractivity contribution in [2.75, 3.05) is 13.1 Å². The lowest BCUT2D eigenvalue weighted by atomic mass is 10.1. The van der Waals surface area contributed by atoms with Crippen LogP contribution in [0.25, 0.3) is 0 Å². The van der Waals surface area contributed by atoms with Crippen LogP contribution in [0.15, 0.2) is 24.3 Å². The first-order valence-electron chi connectivity index (χ1n) is 6.89. The number of nitrogens with zero attached hydrogens (tertiary/aromatic N) is 1. The summed E-state index contributed by atoms with van der Waals surface area (Å²) in [4.78, 5) is 13.6. The van der Waals surface area contributed by atoms with Crippen LogP contribution in [0.1, 0.15) is 43.8 Å². The molecule has 1 aromatic carbocycles. The van der Waals surface area contributed by atoms with Crippen LogP contribution < -0.4 is 0 Å². The maximum Gasteiger partial charge on any atom is 0.222 e. The maximum atomic E-state index is 13.6. The van der Waals surface area contributed by atoms with Crippen LogP contribution in [-0.2, 0) is 4.79 Å². The number of aliphatic hydroxyl groups excluding tert-OH is 1. The molecule has 1 fully saturated rings. The second kappa shape index (κ2) is 6.66. The highest BCUT2D eigenvalue weighted by molar-refractivity contribution is 5.76. The van der Waals surface area contributed by atoms with Gasteiger partial charge in [0, 0.05) is 18.5 Å². The van der Waals surface area contributed by atoms with Crippen molar-refractivity contribution in [1.82, 2.24) is 4.90 Å². The molecule has 0 saturated carbocycles. The molecule has 4 heteroatoms. The van der Waals surface area contributed by atoms with Gasteiger partial charge in [-0.05, 0) is 18.9 Å². The Morgan fingerprint density at radius 3 is 2.74 bits per heavy atom. The van der Waals surface area contributed by atoms with Crippen LogP contribution in [0.2, 0.25) is 0 Å². The number of carbonyl (C=O) groups excluding carboxylic acids is 1. The molecule has 0 bridgehead atoms. The number of rotatable bonds is 3. The van der Waals surface area contributed by atoms with Gasteiger partial charge in [0.05, 0.1) is 12.6 Å². The predicted molar refractivity (Wildman–Crippen MR) is 71.0 cm³/mol. The standard InChI is InChI=1S/C15H20FNO2/c16-13-8-5-4-7-12(13)14(18)11-17-10-6-2-1-3-9-15(17)19/h4-5,7-8,14,18H,1-3,6,9-11H2. The van der Waals surface area contributed by atoms with Crippen LogP contribution in [0.4, 0.5) is 4.39 Å². The number of carbonyl (C=O) groups is 1. The third-order valence-electron chi connectivity index (χ3n) is 3.58. The molecule has 1 aliphatic heterocycles. The van der Waals surface area contributed by atoms with E-state index in [1.165, 1.54) is 6.07 Å². The second-order valence-electron chi connectivity index (χ2n) is 5.04. The third kappa shape index (κ3) is 3.77. The summed E-state index contributed by atoms with van der Waals surface area (Å²) in [5.41, 5.74) is 0.261. The molecule has 0 aliphatic carbocycles.